The second-order valence-corrected chi connectivity index (χ2v) is 2.08. The van der Waals surface area contributed by atoms with Gasteiger partial charge in [-0.25, -0.2) is 0 Å². The molecule has 8 heavy (non-hydrogen) atoms. The van der Waals surface area contributed by atoms with Crippen molar-refractivity contribution in [1.29, 1.82) is 0 Å². The van der Waals surface area contributed by atoms with Crippen molar-refractivity contribution in [2.75, 3.05) is 0 Å². The van der Waals surface area contributed by atoms with Gasteiger partial charge in [0.2, 0.25) is 0 Å². The zero-order valence-corrected chi connectivity index (χ0v) is 5.28. The van der Waals surface area contributed by atoms with E-state index in [-0.39, 0.29) is 0 Å². The Morgan fingerprint density at radius 3 is 3.12 bits per heavy atom. The maximum absolute atomic E-state index is 3.14. The van der Waals surface area contributed by atoms with Crippen LogP contribution >= 0.6 is 0 Å². The van der Waals surface area contributed by atoms with Gasteiger partial charge < -0.3 is 0 Å². The molecule has 0 nitrogen and oxygen atoms in total. The first-order valence-electron chi connectivity index (χ1n) is 3.19. The van der Waals surface area contributed by atoms with Gasteiger partial charge in [-0.3, -0.25) is 0 Å². The van der Waals surface area contributed by atoms with Gasteiger partial charge in [0.15, 0.2) is 0 Å². The van der Waals surface area contributed by atoms with Gasteiger partial charge in [0, 0.05) is 0 Å². The molecule has 0 aliphatic heterocycles. The molecule has 0 spiro atoms. The highest BCUT2D eigenvalue weighted by molar-refractivity contribution is 5.22. The SMILES string of the molecule is CCCC1=CC[C]=C1. The maximum Gasteiger partial charge on any atom is -0.00887 e. The lowest BCUT2D eigenvalue weighted by Crippen LogP contribution is -1.70. The second kappa shape index (κ2) is 2.71. The molecule has 0 saturated heterocycles. The van der Waals surface area contributed by atoms with E-state index in [2.05, 4.69) is 25.2 Å². The van der Waals surface area contributed by atoms with Crippen LogP contribution in [0, 0.1) is 6.08 Å². The largest absolute Gasteiger partial charge is 0.0769 e. The predicted molar refractivity (Wildman–Crippen MR) is 35.4 cm³/mol. The van der Waals surface area contributed by atoms with Crippen LogP contribution in [-0.2, 0) is 0 Å². The van der Waals surface area contributed by atoms with Crippen LogP contribution in [0.1, 0.15) is 26.2 Å². The van der Waals surface area contributed by atoms with E-state index in [4.69, 9.17) is 0 Å². The first-order chi connectivity index (χ1) is 3.93. The van der Waals surface area contributed by atoms with Crippen LogP contribution < -0.4 is 0 Å². The number of hydrogen-bond acceptors (Lipinski definition) is 0. The maximum atomic E-state index is 3.14. The monoisotopic (exact) mass is 107 g/mol. The average Bonchev–Trinajstić information content (AvgIpc) is 2.19. The fourth-order valence-electron chi connectivity index (χ4n) is 0.902. The summed E-state index contributed by atoms with van der Waals surface area (Å²) in [7, 11) is 0. The third kappa shape index (κ3) is 1.22. The minimum atomic E-state index is 1.04. The second-order valence-electron chi connectivity index (χ2n) is 2.08. The molecule has 0 aromatic heterocycles. The molecule has 0 atom stereocenters. The molecule has 0 saturated carbocycles. The zero-order chi connectivity index (χ0) is 5.82. The van der Waals surface area contributed by atoms with Crippen LogP contribution in [-0.4, -0.2) is 0 Å². The van der Waals surface area contributed by atoms with E-state index in [1.54, 1.807) is 0 Å². The summed E-state index contributed by atoms with van der Waals surface area (Å²) in [5.41, 5.74) is 1.47. The highest BCUT2D eigenvalue weighted by atomic mass is 14.0. The van der Waals surface area contributed by atoms with E-state index < -0.39 is 0 Å². The molecular formula is C8H11. The fourth-order valence-corrected chi connectivity index (χ4v) is 0.902. The molecule has 0 bridgehead atoms. The minimum absolute atomic E-state index is 1.04. The third-order valence-electron chi connectivity index (χ3n) is 1.31. The lowest BCUT2D eigenvalue weighted by molar-refractivity contribution is 0.927. The van der Waals surface area contributed by atoms with Crippen molar-refractivity contribution in [2.45, 2.75) is 26.2 Å². The van der Waals surface area contributed by atoms with Crippen LogP contribution in [0.5, 0.6) is 0 Å². The van der Waals surface area contributed by atoms with Crippen molar-refractivity contribution >= 4 is 0 Å². The Morgan fingerprint density at radius 2 is 2.62 bits per heavy atom. The van der Waals surface area contributed by atoms with Gasteiger partial charge in [0.25, 0.3) is 0 Å². The summed E-state index contributed by atoms with van der Waals surface area (Å²) in [6.45, 7) is 2.20. The van der Waals surface area contributed by atoms with Crippen molar-refractivity contribution < 1.29 is 0 Å². The van der Waals surface area contributed by atoms with Crippen LogP contribution in [0.15, 0.2) is 17.7 Å². The van der Waals surface area contributed by atoms with E-state index >= 15 is 0 Å². The summed E-state index contributed by atoms with van der Waals surface area (Å²) in [6.07, 6.45) is 11.0. The Hall–Kier alpha value is -0.520. The molecule has 0 amide bonds. The van der Waals surface area contributed by atoms with Crippen molar-refractivity contribution in [3.63, 3.8) is 0 Å². The van der Waals surface area contributed by atoms with Crippen molar-refractivity contribution in [3.8, 4) is 0 Å². The van der Waals surface area contributed by atoms with E-state index in [1.807, 2.05) is 0 Å². The molecule has 43 valence electrons. The molecular weight excluding hydrogens is 96.1 g/mol. The molecule has 0 heteroatoms. The van der Waals surface area contributed by atoms with Gasteiger partial charge in [-0.2, -0.15) is 0 Å². The van der Waals surface area contributed by atoms with E-state index in [0.29, 0.717) is 0 Å². The average molecular weight is 107 g/mol. The summed E-state index contributed by atoms with van der Waals surface area (Å²) in [6, 6.07) is 0. The Labute approximate surface area is 50.9 Å². The summed E-state index contributed by atoms with van der Waals surface area (Å²) in [5.74, 6) is 0. The van der Waals surface area contributed by atoms with Crippen LogP contribution in [0.3, 0.4) is 0 Å². The van der Waals surface area contributed by atoms with Gasteiger partial charge in [0.05, 0.1) is 0 Å². The Kier molecular flexibility index (Phi) is 1.90. The molecule has 0 heterocycles. The van der Waals surface area contributed by atoms with Gasteiger partial charge in [0.1, 0.15) is 0 Å². The highest BCUT2D eigenvalue weighted by Gasteiger charge is 1.93. The standard InChI is InChI=1S/C8H11/c1-2-5-8-6-3-4-7-8/h6-7H,2-3,5H2,1H3. The topological polar surface area (TPSA) is 0 Å². The molecule has 0 aromatic rings. The smallest absolute Gasteiger partial charge is 0.00887 e. The van der Waals surface area contributed by atoms with Gasteiger partial charge in [-0.1, -0.05) is 31.1 Å². The van der Waals surface area contributed by atoms with Gasteiger partial charge in [-0.15, -0.1) is 0 Å². The summed E-state index contributed by atoms with van der Waals surface area (Å²) >= 11 is 0. The summed E-state index contributed by atoms with van der Waals surface area (Å²) in [4.78, 5) is 0. The lowest BCUT2D eigenvalue weighted by Gasteiger charge is -1.90. The molecule has 1 aliphatic rings. The van der Waals surface area contributed by atoms with E-state index in [1.165, 1.54) is 18.4 Å². The summed E-state index contributed by atoms with van der Waals surface area (Å²) < 4.78 is 0. The first-order valence-corrected chi connectivity index (χ1v) is 3.19. The molecule has 0 fully saturated rings. The molecule has 1 radical (unpaired) electrons. The predicted octanol–water partition coefficient (Wildman–Crippen LogP) is 2.48. The number of allylic oxidation sites excluding steroid dienone is 4. The van der Waals surface area contributed by atoms with Crippen LogP contribution in [0.25, 0.3) is 0 Å². The number of rotatable bonds is 2. The Morgan fingerprint density at radius 1 is 1.75 bits per heavy atom. The van der Waals surface area contributed by atoms with Crippen molar-refractivity contribution in [1.82, 2.24) is 0 Å². The van der Waals surface area contributed by atoms with Gasteiger partial charge in [-0.05, 0) is 18.9 Å². The van der Waals surface area contributed by atoms with Crippen molar-refractivity contribution in [2.24, 2.45) is 0 Å². The highest BCUT2D eigenvalue weighted by Crippen LogP contribution is 2.12. The van der Waals surface area contributed by atoms with Crippen LogP contribution in [0.2, 0.25) is 0 Å². The number of hydrogen-bond donors (Lipinski definition) is 0. The first kappa shape index (κ1) is 5.61. The molecule has 1 aliphatic carbocycles. The quantitative estimate of drug-likeness (QED) is 0.508. The lowest BCUT2D eigenvalue weighted by atomic mass is 10.2. The van der Waals surface area contributed by atoms with E-state index in [9.17, 15) is 0 Å². The Bertz CT molecular complexity index is 118. The molecule has 0 unspecified atom stereocenters. The third-order valence-corrected chi connectivity index (χ3v) is 1.31. The van der Waals surface area contributed by atoms with Crippen LogP contribution in [0.4, 0.5) is 0 Å². The molecule has 0 aromatic carbocycles. The normalized spacial score (nSPS) is 16.9. The van der Waals surface area contributed by atoms with Crippen molar-refractivity contribution in [3.05, 3.63) is 23.8 Å². The zero-order valence-electron chi connectivity index (χ0n) is 5.28. The Balaban J connectivity index is 2.34. The van der Waals surface area contributed by atoms with Gasteiger partial charge >= 0.3 is 0 Å². The molecule has 1 rings (SSSR count). The summed E-state index contributed by atoms with van der Waals surface area (Å²) in [5, 5.41) is 0. The molecule has 0 N–H and O–H groups in total. The fraction of sp³-hybridized carbons (Fsp3) is 0.500. The minimum Gasteiger partial charge on any atom is -0.0769 e. The van der Waals surface area contributed by atoms with E-state index in [0.717, 1.165) is 6.42 Å².